The number of fused-ring (bicyclic) bond motifs is 1. The van der Waals surface area contributed by atoms with Crippen molar-refractivity contribution in [3.63, 3.8) is 0 Å². The van der Waals surface area contributed by atoms with E-state index < -0.39 is 5.60 Å². The molecule has 2 nitrogen and oxygen atoms in total. The summed E-state index contributed by atoms with van der Waals surface area (Å²) in [5.74, 6) is 0.917. The number of rotatable bonds is 6. The molecule has 0 bridgehead atoms. The van der Waals surface area contributed by atoms with Crippen LogP contribution in [0.1, 0.15) is 72.6 Å². The zero-order valence-electron chi connectivity index (χ0n) is 14.8. The Bertz CT molecular complexity index is 433. The maximum absolute atomic E-state index is 10.3. The van der Waals surface area contributed by atoms with Gasteiger partial charge < -0.3 is 10.2 Å². The fraction of sp³-hybridized carbons (Fsp3) is 0.800. The predicted octanol–water partition coefficient (Wildman–Crippen LogP) is 4.62. The van der Waals surface area contributed by atoms with E-state index >= 15 is 0 Å². The smallest absolute Gasteiger partial charge is 0.0822 e. The van der Waals surface area contributed by atoms with Crippen LogP contribution >= 0.6 is 0 Å². The molecule has 2 heteroatoms. The molecule has 22 heavy (non-hydrogen) atoms. The van der Waals surface area contributed by atoms with Crippen molar-refractivity contribution in [2.75, 3.05) is 0 Å². The van der Waals surface area contributed by atoms with Gasteiger partial charge in [-0.3, -0.25) is 0 Å². The number of hydrogen-bond acceptors (Lipinski definition) is 2. The molecule has 2 aliphatic carbocycles. The normalized spacial score (nSPS) is 33.8. The van der Waals surface area contributed by atoms with Crippen LogP contribution in [-0.2, 0) is 0 Å². The minimum atomic E-state index is -0.642. The quantitative estimate of drug-likeness (QED) is 0.703. The topological polar surface area (TPSA) is 40.5 Å². The summed E-state index contributed by atoms with van der Waals surface area (Å²) in [6, 6.07) is 0. The van der Waals surface area contributed by atoms with Crippen molar-refractivity contribution in [2.24, 2.45) is 17.3 Å². The summed E-state index contributed by atoms with van der Waals surface area (Å²) in [6.45, 7) is 8.72. The van der Waals surface area contributed by atoms with Gasteiger partial charge in [-0.15, -0.1) is 0 Å². The van der Waals surface area contributed by atoms with Crippen LogP contribution in [0.25, 0.3) is 0 Å². The van der Waals surface area contributed by atoms with Gasteiger partial charge in [0.25, 0.3) is 0 Å². The van der Waals surface area contributed by atoms with Gasteiger partial charge >= 0.3 is 0 Å². The molecule has 0 aromatic heterocycles. The summed E-state index contributed by atoms with van der Waals surface area (Å²) in [5, 5.41) is 20.7. The van der Waals surface area contributed by atoms with Gasteiger partial charge in [-0.25, -0.2) is 0 Å². The molecule has 2 aliphatic rings. The zero-order valence-corrected chi connectivity index (χ0v) is 14.8. The maximum atomic E-state index is 10.3. The molecule has 0 unspecified atom stereocenters. The lowest BCUT2D eigenvalue weighted by Crippen LogP contribution is -2.39. The van der Waals surface area contributed by atoms with Gasteiger partial charge in [-0.2, -0.15) is 0 Å². The van der Waals surface area contributed by atoms with Gasteiger partial charge in [0.2, 0.25) is 0 Å². The summed E-state index contributed by atoms with van der Waals surface area (Å²) in [7, 11) is 0. The lowest BCUT2D eigenvalue weighted by molar-refractivity contribution is 0.00804. The summed E-state index contributed by atoms with van der Waals surface area (Å²) in [4.78, 5) is 0. The summed E-state index contributed by atoms with van der Waals surface area (Å²) >= 11 is 0. The van der Waals surface area contributed by atoms with E-state index in [1.165, 1.54) is 12.0 Å². The minimum Gasteiger partial charge on any atom is -0.393 e. The van der Waals surface area contributed by atoms with Gasteiger partial charge in [0.1, 0.15) is 0 Å². The van der Waals surface area contributed by atoms with Crippen LogP contribution in [0.3, 0.4) is 0 Å². The summed E-state index contributed by atoms with van der Waals surface area (Å²) in [6.07, 6.45) is 13.3. The predicted molar refractivity (Wildman–Crippen MR) is 92.6 cm³/mol. The highest BCUT2D eigenvalue weighted by molar-refractivity contribution is 5.26. The molecule has 1 fully saturated rings. The third-order valence-corrected chi connectivity index (χ3v) is 6.40. The molecule has 0 heterocycles. The lowest BCUT2D eigenvalue weighted by atomic mass is 9.63. The SMILES string of the molecule is CCC(O)(C=CC[C@H](C)C1=CC[C@H]2[C@@H](O)CCC[C@]12C)CC. The first-order chi connectivity index (χ1) is 10.4. The van der Waals surface area contributed by atoms with Crippen LogP contribution in [0.2, 0.25) is 0 Å². The number of hydrogen-bond donors (Lipinski definition) is 2. The van der Waals surface area contributed by atoms with E-state index in [9.17, 15) is 10.2 Å². The zero-order chi connectivity index (χ0) is 16.4. The van der Waals surface area contributed by atoms with Crippen LogP contribution in [0, 0.1) is 17.3 Å². The van der Waals surface area contributed by atoms with E-state index in [1.807, 2.05) is 19.9 Å². The van der Waals surface area contributed by atoms with Crippen LogP contribution in [-0.4, -0.2) is 21.9 Å². The van der Waals surface area contributed by atoms with E-state index in [4.69, 9.17) is 0 Å². The molecule has 0 aliphatic heterocycles. The Morgan fingerprint density at radius 3 is 2.73 bits per heavy atom. The van der Waals surface area contributed by atoms with Crippen LogP contribution in [0.4, 0.5) is 0 Å². The van der Waals surface area contributed by atoms with Crippen molar-refractivity contribution in [3.8, 4) is 0 Å². The first kappa shape index (κ1) is 17.7. The number of aliphatic hydroxyl groups is 2. The molecular weight excluding hydrogens is 272 g/mol. The van der Waals surface area contributed by atoms with Crippen molar-refractivity contribution in [3.05, 3.63) is 23.8 Å². The first-order valence-electron chi connectivity index (χ1n) is 9.15. The molecule has 2 N–H and O–H groups in total. The first-order valence-corrected chi connectivity index (χ1v) is 9.15. The lowest BCUT2D eigenvalue weighted by Gasteiger charge is -2.43. The second-order valence-electron chi connectivity index (χ2n) is 7.73. The fourth-order valence-electron chi connectivity index (χ4n) is 4.62. The molecule has 2 rings (SSSR count). The highest BCUT2D eigenvalue weighted by Crippen LogP contribution is 2.55. The van der Waals surface area contributed by atoms with Crippen LogP contribution in [0.5, 0.6) is 0 Å². The van der Waals surface area contributed by atoms with E-state index in [1.54, 1.807) is 0 Å². The Kier molecular flexibility index (Phi) is 5.55. The summed E-state index contributed by atoms with van der Waals surface area (Å²) in [5.41, 5.74) is 1.09. The molecular formula is C20H34O2. The van der Waals surface area contributed by atoms with E-state index in [-0.39, 0.29) is 11.5 Å². The van der Waals surface area contributed by atoms with Gasteiger partial charge in [-0.05, 0) is 62.2 Å². The van der Waals surface area contributed by atoms with Crippen molar-refractivity contribution in [1.29, 1.82) is 0 Å². The third-order valence-electron chi connectivity index (χ3n) is 6.40. The molecule has 1 saturated carbocycles. The average molecular weight is 306 g/mol. The molecule has 126 valence electrons. The van der Waals surface area contributed by atoms with Gasteiger partial charge in [0, 0.05) is 0 Å². The van der Waals surface area contributed by atoms with Gasteiger partial charge in [0.15, 0.2) is 0 Å². The second kappa shape index (κ2) is 6.88. The highest BCUT2D eigenvalue weighted by Gasteiger charge is 2.47. The summed E-state index contributed by atoms with van der Waals surface area (Å²) < 4.78 is 0. The Morgan fingerprint density at radius 1 is 1.41 bits per heavy atom. The molecule has 0 spiro atoms. The molecule has 0 aromatic carbocycles. The maximum Gasteiger partial charge on any atom is 0.0822 e. The average Bonchev–Trinajstić information content (AvgIpc) is 2.85. The number of aliphatic hydroxyl groups excluding tert-OH is 1. The molecule has 4 atom stereocenters. The van der Waals surface area contributed by atoms with E-state index in [0.717, 1.165) is 38.5 Å². The van der Waals surface area contributed by atoms with Crippen molar-refractivity contribution in [2.45, 2.75) is 84.3 Å². The number of allylic oxidation sites excluding steroid dienone is 3. The van der Waals surface area contributed by atoms with Crippen molar-refractivity contribution in [1.82, 2.24) is 0 Å². The fourth-order valence-corrected chi connectivity index (χ4v) is 4.62. The van der Waals surface area contributed by atoms with Gasteiger partial charge in [0.05, 0.1) is 11.7 Å². The minimum absolute atomic E-state index is 0.125. The van der Waals surface area contributed by atoms with Crippen molar-refractivity contribution >= 4 is 0 Å². The Labute approximate surface area is 136 Å². The van der Waals surface area contributed by atoms with Crippen LogP contribution in [0.15, 0.2) is 23.8 Å². The third kappa shape index (κ3) is 3.33. The Balaban J connectivity index is 2.01. The van der Waals surface area contributed by atoms with Crippen LogP contribution < -0.4 is 0 Å². The van der Waals surface area contributed by atoms with E-state index in [2.05, 4.69) is 26.0 Å². The molecule has 0 amide bonds. The van der Waals surface area contributed by atoms with Gasteiger partial charge in [-0.1, -0.05) is 51.5 Å². The highest BCUT2D eigenvalue weighted by atomic mass is 16.3. The molecule has 0 aromatic rings. The Hall–Kier alpha value is -0.600. The monoisotopic (exact) mass is 306 g/mol. The largest absolute Gasteiger partial charge is 0.393 e. The Morgan fingerprint density at radius 2 is 2.09 bits per heavy atom. The van der Waals surface area contributed by atoms with E-state index in [0.29, 0.717) is 11.8 Å². The molecule has 0 saturated heterocycles. The van der Waals surface area contributed by atoms with Crippen molar-refractivity contribution < 1.29 is 10.2 Å². The molecule has 0 radical (unpaired) electrons. The standard InChI is InChI=1S/C20H34O2/c1-5-20(22,6-2)14-7-9-15(3)16-11-12-17-18(21)10-8-13-19(16,17)4/h7,11,14-15,17-18,21-22H,5-6,8-10,12-13H2,1-4H3/t15-,17-,18-,19+/m0/s1. The second-order valence-corrected chi connectivity index (χ2v) is 7.73.